The van der Waals surface area contributed by atoms with E-state index in [1.165, 1.54) is 4.90 Å². The van der Waals surface area contributed by atoms with Crippen LogP contribution in [0.15, 0.2) is 103 Å². The molecule has 1 fully saturated rings. The summed E-state index contributed by atoms with van der Waals surface area (Å²) in [7, 11) is 1.89. The normalized spacial score (nSPS) is 17.7. The molecule has 0 bridgehead atoms. The molecule has 7 nitrogen and oxygen atoms in total. The first-order chi connectivity index (χ1) is 17.0. The first kappa shape index (κ1) is 22.6. The van der Waals surface area contributed by atoms with E-state index >= 15 is 0 Å². The number of nitrogens with one attached hydrogen (secondary N) is 1. The van der Waals surface area contributed by atoms with Gasteiger partial charge in [-0.25, -0.2) is 14.4 Å². The molecule has 1 aromatic heterocycles. The van der Waals surface area contributed by atoms with Gasteiger partial charge < -0.3 is 5.32 Å². The van der Waals surface area contributed by atoms with Gasteiger partial charge in [-0.2, -0.15) is 5.10 Å². The summed E-state index contributed by atoms with van der Waals surface area (Å²) in [5, 5.41) is 7.46. The van der Waals surface area contributed by atoms with Gasteiger partial charge in [0.1, 0.15) is 0 Å². The third-order valence-corrected chi connectivity index (χ3v) is 6.25. The van der Waals surface area contributed by atoms with E-state index in [4.69, 9.17) is 0 Å². The van der Waals surface area contributed by atoms with E-state index < -0.39 is 5.54 Å². The Labute approximate surface area is 204 Å². The Morgan fingerprint density at radius 2 is 1.49 bits per heavy atom. The maximum atomic E-state index is 13.8. The molecule has 1 aliphatic heterocycles. The topological polar surface area (TPSA) is 70.5 Å². The zero-order valence-corrected chi connectivity index (χ0v) is 19.5. The molecule has 7 heteroatoms. The second kappa shape index (κ2) is 9.56. The second-order valence-electron chi connectivity index (χ2n) is 8.88. The standard InChI is InChI=1S/C28H27N5O2/c1-31(19-23-18-29-33(20-23)25-15-9-4-10-16-25)21-32-26(34)28(30-27(32)35,24-13-7-3-8-14-24)17-22-11-5-2-6-12-22/h2-16,18,20H,17,19,21H2,1H3,(H,30,35). The summed E-state index contributed by atoms with van der Waals surface area (Å²) in [6.07, 6.45) is 4.15. The highest BCUT2D eigenvalue weighted by atomic mass is 16.2. The summed E-state index contributed by atoms with van der Waals surface area (Å²) in [6.45, 7) is 0.714. The molecule has 5 rings (SSSR count). The van der Waals surface area contributed by atoms with Crippen molar-refractivity contribution in [2.75, 3.05) is 13.7 Å². The lowest BCUT2D eigenvalue weighted by Crippen LogP contribution is -2.46. The van der Waals surface area contributed by atoms with Crippen LogP contribution in [0.1, 0.15) is 16.7 Å². The summed E-state index contributed by atoms with van der Waals surface area (Å²) in [5.41, 5.74) is 2.58. The van der Waals surface area contributed by atoms with Crippen molar-refractivity contribution < 1.29 is 9.59 Å². The van der Waals surface area contributed by atoms with E-state index in [9.17, 15) is 9.59 Å². The fourth-order valence-electron chi connectivity index (χ4n) is 4.56. The number of imide groups is 1. The van der Waals surface area contributed by atoms with Crippen LogP contribution in [-0.4, -0.2) is 45.2 Å². The fraction of sp³-hybridized carbons (Fsp3) is 0.179. The number of carbonyl (C=O) groups excluding carboxylic acids is 2. The Hall–Kier alpha value is -4.23. The van der Waals surface area contributed by atoms with Gasteiger partial charge in [0.05, 0.1) is 18.6 Å². The molecule has 1 N–H and O–H groups in total. The van der Waals surface area contributed by atoms with Crippen molar-refractivity contribution in [1.82, 2.24) is 24.9 Å². The summed E-state index contributed by atoms with van der Waals surface area (Å²) in [6, 6.07) is 28.7. The van der Waals surface area contributed by atoms with Crippen molar-refractivity contribution in [3.63, 3.8) is 0 Å². The quantitative estimate of drug-likeness (QED) is 0.400. The van der Waals surface area contributed by atoms with Crippen LogP contribution >= 0.6 is 0 Å². The Kier molecular flexibility index (Phi) is 6.16. The largest absolute Gasteiger partial charge is 0.326 e. The van der Waals surface area contributed by atoms with Crippen LogP contribution in [0.2, 0.25) is 0 Å². The fourth-order valence-corrected chi connectivity index (χ4v) is 4.56. The third-order valence-electron chi connectivity index (χ3n) is 6.25. The lowest BCUT2D eigenvalue weighted by Gasteiger charge is -2.28. The predicted octanol–water partition coefficient (Wildman–Crippen LogP) is 3.95. The maximum Gasteiger partial charge on any atom is 0.326 e. The molecule has 1 aliphatic rings. The summed E-state index contributed by atoms with van der Waals surface area (Å²) >= 11 is 0. The smallest absolute Gasteiger partial charge is 0.319 e. The zero-order chi connectivity index (χ0) is 24.3. The van der Waals surface area contributed by atoms with Gasteiger partial charge in [-0.05, 0) is 30.3 Å². The monoisotopic (exact) mass is 465 g/mol. The first-order valence-corrected chi connectivity index (χ1v) is 11.6. The summed E-state index contributed by atoms with van der Waals surface area (Å²) < 4.78 is 1.82. The van der Waals surface area contributed by atoms with Gasteiger partial charge in [0.2, 0.25) is 0 Å². The van der Waals surface area contributed by atoms with E-state index in [1.54, 1.807) is 6.20 Å². The Balaban J connectivity index is 1.34. The number of benzene rings is 3. The van der Waals surface area contributed by atoms with E-state index in [0.717, 1.165) is 22.4 Å². The average molecular weight is 466 g/mol. The maximum absolute atomic E-state index is 13.8. The molecule has 35 heavy (non-hydrogen) atoms. The lowest BCUT2D eigenvalue weighted by molar-refractivity contribution is -0.133. The highest BCUT2D eigenvalue weighted by molar-refractivity contribution is 6.07. The van der Waals surface area contributed by atoms with Gasteiger partial charge in [0.25, 0.3) is 5.91 Å². The van der Waals surface area contributed by atoms with Crippen molar-refractivity contribution >= 4 is 11.9 Å². The van der Waals surface area contributed by atoms with Crippen molar-refractivity contribution in [3.8, 4) is 5.69 Å². The minimum Gasteiger partial charge on any atom is -0.319 e. The molecule has 3 amide bonds. The average Bonchev–Trinajstić information content (AvgIpc) is 3.44. The van der Waals surface area contributed by atoms with Crippen LogP contribution < -0.4 is 5.32 Å². The summed E-state index contributed by atoms with van der Waals surface area (Å²) in [5.74, 6) is -0.246. The number of rotatable bonds is 8. The highest BCUT2D eigenvalue weighted by Crippen LogP contribution is 2.33. The predicted molar refractivity (Wildman–Crippen MR) is 134 cm³/mol. The van der Waals surface area contributed by atoms with E-state index in [2.05, 4.69) is 10.4 Å². The van der Waals surface area contributed by atoms with Crippen molar-refractivity contribution in [3.05, 3.63) is 120 Å². The molecule has 176 valence electrons. The Morgan fingerprint density at radius 1 is 0.857 bits per heavy atom. The molecule has 0 spiro atoms. The number of carbonyl (C=O) groups is 2. The summed E-state index contributed by atoms with van der Waals surface area (Å²) in [4.78, 5) is 30.2. The van der Waals surface area contributed by atoms with Crippen molar-refractivity contribution in [1.29, 1.82) is 0 Å². The molecule has 4 aromatic rings. The number of hydrogen-bond donors (Lipinski definition) is 1. The van der Waals surface area contributed by atoms with Crippen LogP contribution in [0.5, 0.6) is 0 Å². The number of para-hydroxylation sites is 1. The molecule has 1 unspecified atom stereocenters. The van der Waals surface area contributed by atoms with Crippen LogP contribution in [0, 0.1) is 0 Å². The van der Waals surface area contributed by atoms with Crippen LogP contribution in [0.25, 0.3) is 5.69 Å². The molecule has 1 atom stereocenters. The molecular formula is C28H27N5O2. The van der Waals surface area contributed by atoms with Crippen LogP contribution in [-0.2, 0) is 23.3 Å². The SMILES string of the molecule is CN(Cc1cnn(-c2ccccc2)c1)CN1C(=O)NC(Cc2ccccc2)(c2ccccc2)C1=O. The number of amides is 3. The Morgan fingerprint density at radius 3 is 2.17 bits per heavy atom. The molecule has 2 heterocycles. The minimum atomic E-state index is -1.14. The highest BCUT2D eigenvalue weighted by Gasteiger charge is 2.52. The van der Waals surface area contributed by atoms with Gasteiger partial charge >= 0.3 is 6.03 Å². The van der Waals surface area contributed by atoms with Gasteiger partial charge in [-0.15, -0.1) is 0 Å². The molecule has 3 aromatic carbocycles. The molecule has 1 saturated heterocycles. The molecule has 0 aliphatic carbocycles. The number of urea groups is 1. The van der Waals surface area contributed by atoms with Gasteiger partial charge in [0, 0.05) is 24.7 Å². The first-order valence-electron chi connectivity index (χ1n) is 11.6. The van der Waals surface area contributed by atoms with E-state index in [1.807, 2.05) is 114 Å². The minimum absolute atomic E-state index is 0.171. The van der Waals surface area contributed by atoms with E-state index in [-0.39, 0.29) is 18.6 Å². The third kappa shape index (κ3) is 4.58. The Bertz CT molecular complexity index is 1310. The second-order valence-corrected chi connectivity index (χ2v) is 8.88. The lowest BCUT2D eigenvalue weighted by atomic mass is 9.83. The van der Waals surface area contributed by atoms with E-state index in [0.29, 0.717) is 13.0 Å². The number of nitrogens with zero attached hydrogens (tertiary/aromatic N) is 4. The van der Waals surface area contributed by atoms with Gasteiger partial charge in [-0.3, -0.25) is 9.69 Å². The molecular weight excluding hydrogens is 438 g/mol. The van der Waals surface area contributed by atoms with Crippen molar-refractivity contribution in [2.24, 2.45) is 0 Å². The molecule has 0 radical (unpaired) electrons. The van der Waals surface area contributed by atoms with Gasteiger partial charge in [0.15, 0.2) is 5.54 Å². The van der Waals surface area contributed by atoms with Crippen molar-refractivity contribution in [2.45, 2.75) is 18.5 Å². The number of aromatic nitrogens is 2. The van der Waals surface area contributed by atoms with Crippen LogP contribution in [0.3, 0.4) is 0 Å². The number of hydrogen-bond acceptors (Lipinski definition) is 4. The van der Waals surface area contributed by atoms with Crippen LogP contribution in [0.4, 0.5) is 4.79 Å². The molecule has 0 saturated carbocycles. The van der Waals surface area contributed by atoms with Gasteiger partial charge in [-0.1, -0.05) is 78.9 Å². The zero-order valence-electron chi connectivity index (χ0n) is 19.5.